The van der Waals surface area contributed by atoms with E-state index >= 15 is 0 Å². The van der Waals surface area contributed by atoms with E-state index in [2.05, 4.69) is 22.0 Å². The Morgan fingerprint density at radius 1 is 0.619 bits per heavy atom. The SMILES string of the molecule is [C-]#[N+]c1ccc(-c2c(C)nn3c2n2nc(C)c(-c4ccc(C#N)cc4)c2n2nc(C)c(-c4ccc(C#N)cn4)c32)cc1. The van der Waals surface area contributed by atoms with E-state index in [0.29, 0.717) is 28.2 Å². The van der Waals surface area contributed by atoms with Crippen LogP contribution in [0.5, 0.6) is 0 Å². The second-order valence-corrected chi connectivity index (χ2v) is 9.98. The molecule has 10 heteroatoms. The van der Waals surface area contributed by atoms with Crippen molar-refractivity contribution in [2.45, 2.75) is 20.8 Å². The van der Waals surface area contributed by atoms with Crippen LogP contribution in [0.15, 0.2) is 66.9 Å². The fourth-order valence-corrected chi connectivity index (χ4v) is 5.57. The largest absolute Gasteiger partial charge is 0.255 e. The number of aromatic nitrogens is 7. The van der Waals surface area contributed by atoms with Crippen LogP contribution in [0.1, 0.15) is 28.2 Å². The van der Waals surface area contributed by atoms with Gasteiger partial charge >= 0.3 is 0 Å². The fourth-order valence-electron chi connectivity index (χ4n) is 5.57. The maximum Gasteiger partial charge on any atom is 0.187 e. The van der Waals surface area contributed by atoms with Crippen LogP contribution >= 0.6 is 0 Å². The molecule has 10 nitrogen and oxygen atoms in total. The molecule has 2 aromatic carbocycles. The lowest BCUT2D eigenvalue weighted by Gasteiger charge is -2.09. The zero-order chi connectivity index (χ0) is 29.1. The van der Waals surface area contributed by atoms with Crippen LogP contribution < -0.4 is 0 Å². The summed E-state index contributed by atoms with van der Waals surface area (Å²) in [5, 5.41) is 33.7. The molecule has 0 atom stereocenters. The molecule has 0 N–H and O–H groups in total. The minimum Gasteiger partial charge on any atom is -0.255 e. The van der Waals surface area contributed by atoms with Crippen molar-refractivity contribution >= 4 is 22.6 Å². The first-order valence-corrected chi connectivity index (χ1v) is 13.1. The number of benzene rings is 2. The topological polar surface area (TPSA) is 117 Å². The predicted octanol–water partition coefficient (Wildman–Crippen LogP) is 6.25. The highest BCUT2D eigenvalue weighted by molar-refractivity contribution is 5.91. The van der Waals surface area contributed by atoms with Crippen LogP contribution in [-0.2, 0) is 0 Å². The van der Waals surface area contributed by atoms with Crippen LogP contribution in [0.25, 0.3) is 55.3 Å². The summed E-state index contributed by atoms with van der Waals surface area (Å²) in [5.41, 5.74) is 11.1. The van der Waals surface area contributed by atoms with E-state index in [4.69, 9.17) is 21.9 Å². The second-order valence-electron chi connectivity index (χ2n) is 9.98. The third kappa shape index (κ3) is 3.48. The van der Waals surface area contributed by atoms with Gasteiger partial charge in [-0.25, -0.2) is 4.85 Å². The summed E-state index contributed by atoms with van der Waals surface area (Å²) in [4.78, 5) is 8.15. The first-order chi connectivity index (χ1) is 20.4. The van der Waals surface area contributed by atoms with Crippen molar-refractivity contribution in [1.29, 1.82) is 10.5 Å². The van der Waals surface area contributed by atoms with Gasteiger partial charge in [-0.15, -0.1) is 0 Å². The van der Waals surface area contributed by atoms with E-state index in [1.54, 1.807) is 36.5 Å². The van der Waals surface area contributed by atoms with E-state index in [9.17, 15) is 10.5 Å². The summed E-state index contributed by atoms with van der Waals surface area (Å²) in [6, 6.07) is 22.8. The number of pyridine rings is 1. The number of nitriles is 2. The Balaban J connectivity index is 1.67. The highest BCUT2D eigenvalue weighted by atomic mass is 15.4. The summed E-state index contributed by atoms with van der Waals surface area (Å²) in [7, 11) is 0. The molecule has 5 heterocycles. The minimum absolute atomic E-state index is 0.468. The summed E-state index contributed by atoms with van der Waals surface area (Å²) in [6.07, 6.45) is 1.55. The molecule has 0 saturated carbocycles. The molecule has 0 radical (unpaired) electrons. The van der Waals surface area contributed by atoms with Crippen molar-refractivity contribution in [3.8, 4) is 45.6 Å². The molecule has 0 aliphatic rings. The van der Waals surface area contributed by atoms with Crippen LogP contribution in [0, 0.1) is 50.0 Å². The molecule has 7 aromatic rings. The molecular formula is C32H20N10. The summed E-state index contributed by atoms with van der Waals surface area (Å²) < 4.78 is 5.57. The van der Waals surface area contributed by atoms with Gasteiger partial charge in [0, 0.05) is 17.3 Å². The zero-order valence-electron chi connectivity index (χ0n) is 22.8. The molecule has 0 aliphatic heterocycles. The first kappa shape index (κ1) is 24.7. The van der Waals surface area contributed by atoms with E-state index in [-0.39, 0.29) is 0 Å². The fraction of sp³-hybridized carbons (Fsp3) is 0.0938. The average molecular weight is 545 g/mol. The van der Waals surface area contributed by atoms with Gasteiger partial charge in [0.25, 0.3) is 0 Å². The van der Waals surface area contributed by atoms with Gasteiger partial charge in [0.05, 0.1) is 52.1 Å². The molecule has 42 heavy (non-hydrogen) atoms. The van der Waals surface area contributed by atoms with Crippen LogP contribution in [0.2, 0.25) is 0 Å². The van der Waals surface area contributed by atoms with Gasteiger partial charge in [-0.3, -0.25) is 4.98 Å². The summed E-state index contributed by atoms with van der Waals surface area (Å²) in [5.74, 6) is 0. The van der Waals surface area contributed by atoms with E-state index in [1.807, 2.05) is 64.6 Å². The van der Waals surface area contributed by atoms with Crippen LogP contribution in [0.3, 0.4) is 0 Å². The van der Waals surface area contributed by atoms with Gasteiger partial charge in [-0.05, 0) is 56.2 Å². The molecule has 5 aromatic heterocycles. The summed E-state index contributed by atoms with van der Waals surface area (Å²) >= 11 is 0. The minimum atomic E-state index is 0.468. The molecule has 198 valence electrons. The Bertz CT molecular complexity index is 2030. The number of hydrogen-bond acceptors (Lipinski definition) is 6. The van der Waals surface area contributed by atoms with Crippen molar-refractivity contribution in [3.05, 3.63) is 106 Å². The molecule has 0 amide bonds. The molecular weight excluding hydrogens is 524 g/mol. The molecule has 0 unspecified atom stereocenters. The Kier molecular flexibility index (Phi) is 5.37. The van der Waals surface area contributed by atoms with Crippen molar-refractivity contribution in [2.75, 3.05) is 0 Å². The Morgan fingerprint density at radius 2 is 1.07 bits per heavy atom. The third-order valence-electron chi connectivity index (χ3n) is 7.45. The van der Waals surface area contributed by atoms with Crippen molar-refractivity contribution < 1.29 is 0 Å². The Morgan fingerprint density at radius 3 is 1.52 bits per heavy atom. The highest BCUT2D eigenvalue weighted by Gasteiger charge is 2.27. The smallest absolute Gasteiger partial charge is 0.187 e. The van der Waals surface area contributed by atoms with Crippen molar-refractivity contribution in [1.82, 2.24) is 33.8 Å². The maximum absolute atomic E-state index is 9.36. The molecule has 0 bridgehead atoms. The van der Waals surface area contributed by atoms with E-state index < -0.39 is 0 Å². The maximum atomic E-state index is 9.36. The van der Waals surface area contributed by atoms with E-state index in [1.165, 1.54) is 0 Å². The quantitative estimate of drug-likeness (QED) is 0.243. The Labute approximate surface area is 239 Å². The highest BCUT2D eigenvalue weighted by Crippen LogP contribution is 2.38. The lowest BCUT2D eigenvalue weighted by Crippen LogP contribution is -2.06. The number of rotatable bonds is 3. The lowest BCUT2D eigenvalue weighted by atomic mass is 10.0. The number of nitrogens with zero attached hydrogens (tertiary/aromatic N) is 10. The van der Waals surface area contributed by atoms with Crippen molar-refractivity contribution in [2.24, 2.45) is 0 Å². The van der Waals surface area contributed by atoms with Crippen LogP contribution in [-0.4, -0.2) is 33.8 Å². The summed E-state index contributed by atoms with van der Waals surface area (Å²) in [6.45, 7) is 13.2. The second kappa shape index (κ2) is 9.12. The first-order valence-electron chi connectivity index (χ1n) is 13.1. The number of aryl methyl sites for hydroxylation is 3. The van der Waals surface area contributed by atoms with Gasteiger partial charge in [0.1, 0.15) is 6.07 Å². The van der Waals surface area contributed by atoms with E-state index in [0.717, 1.165) is 56.2 Å². The van der Waals surface area contributed by atoms with Gasteiger partial charge in [-0.2, -0.15) is 39.4 Å². The van der Waals surface area contributed by atoms with Gasteiger partial charge in [0.2, 0.25) is 0 Å². The predicted molar refractivity (Wildman–Crippen MR) is 157 cm³/mol. The standard InChI is InChI=1S/C32H20N10/c1-18-27(23-8-5-21(15-33)6-9-23)30-40(37-18)31-28(24-10-12-25(35-4)13-11-24)19(2)38-41(31)32-29(20(3)39-42(30)32)26-14-7-22(16-34)17-36-26/h5-14,17H,1-3H3. The number of hydrogen-bond donors (Lipinski definition) is 0. The molecule has 0 spiro atoms. The van der Waals surface area contributed by atoms with Gasteiger partial charge in [0.15, 0.2) is 22.6 Å². The third-order valence-corrected chi connectivity index (χ3v) is 7.45. The Hall–Kier alpha value is -6.31. The molecule has 0 fully saturated rings. The monoisotopic (exact) mass is 544 g/mol. The average Bonchev–Trinajstić information content (AvgIpc) is 3.67. The van der Waals surface area contributed by atoms with Crippen molar-refractivity contribution in [3.63, 3.8) is 0 Å². The van der Waals surface area contributed by atoms with Crippen LogP contribution in [0.4, 0.5) is 5.69 Å². The normalized spacial score (nSPS) is 11.1. The van der Waals surface area contributed by atoms with Gasteiger partial charge in [-0.1, -0.05) is 36.4 Å². The molecule has 7 rings (SSSR count). The zero-order valence-corrected chi connectivity index (χ0v) is 22.8. The lowest BCUT2D eigenvalue weighted by molar-refractivity contribution is 0.815. The molecule has 0 aliphatic carbocycles. The number of fused-ring (bicyclic) bond motifs is 6. The molecule has 0 saturated heterocycles. The van der Waals surface area contributed by atoms with Gasteiger partial charge < -0.3 is 0 Å².